The number of hydrogen-bond donors (Lipinski definition) is 1. The van der Waals surface area contributed by atoms with E-state index in [1.807, 2.05) is 19.9 Å². The lowest BCUT2D eigenvalue weighted by atomic mass is 9.77. The lowest BCUT2D eigenvalue weighted by Crippen LogP contribution is -2.37. The quantitative estimate of drug-likeness (QED) is 0.770. The van der Waals surface area contributed by atoms with Crippen LogP contribution < -0.4 is 0 Å². The van der Waals surface area contributed by atoms with E-state index in [9.17, 15) is 10.0 Å². The van der Waals surface area contributed by atoms with Crippen molar-refractivity contribution < 1.29 is 10.0 Å². The van der Waals surface area contributed by atoms with Crippen LogP contribution in [0, 0.1) is 0 Å². The summed E-state index contributed by atoms with van der Waals surface area (Å²) in [5.74, 6) is -0.0758. The molecule has 0 saturated carbocycles. The number of carbonyl (C=O) groups is 1. The van der Waals surface area contributed by atoms with Crippen LogP contribution in [0.1, 0.15) is 76.9 Å². The van der Waals surface area contributed by atoms with Crippen molar-refractivity contribution in [1.82, 2.24) is 5.06 Å². The van der Waals surface area contributed by atoms with Gasteiger partial charge in [0.15, 0.2) is 0 Å². The van der Waals surface area contributed by atoms with Gasteiger partial charge in [-0.15, -0.1) is 0 Å². The first-order valence-corrected chi connectivity index (χ1v) is 8.14. The lowest BCUT2D eigenvalue weighted by Gasteiger charge is -2.27. The maximum absolute atomic E-state index is 12.8. The van der Waals surface area contributed by atoms with Crippen molar-refractivity contribution >= 4 is 17.3 Å². The lowest BCUT2D eigenvalue weighted by molar-refractivity contribution is -0.0414. The van der Waals surface area contributed by atoms with E-state index in [0.29, 0.717) is 11.3 Å². The molecule has 0 unspecified atom stereocenters. The van der Waals surface area contributed by atoms with Crippen LogP contribution in [0.4, 0.5) is 5.69 Å². The molecule has 1 aromatic carbocycles. The third-order valence-corrected chi connectivity index (χ3v) is 4.15. The number of fused-ring (bicyclic) bond motifs is 1. The topological polar surface area (TPSA) is 52.9 Å². The number of benzene rings is 1. The van der Waals surface area contributed by atoms with E-state index in [1.165, 1.54) is 0 Å². The summed E-state index contributed by atoms with van der Waals surface area (Å²) < 4.78 is 0. The number of ketones is 1. The molecule has 2 rings (SSSR count). The van der Waals surface area contributed by atoms with Crippen LogP contribution in [0.5, 0.6) is 0 Å². The molecule has 0 atom stereocenters. The van der Waals surface area contributed by atoms with Crippen LogP contribution in [0.3, 0.4) is 0 Å². The van der Waals surface area contributed by atoms with Crippen molar-refractivity contribution in [3.8, 4) is 0 Å². The first-order valence-electron chi connectivity index (χ1n) is 8.14. The minimum atomic E-state index is -0.202. The van der Waals surface area contributed by atoms with Gasteiger partial charge in [-0.3, -0.25) is 10.0 Å². The largest absolute Gasteiger partial charge is 0.287 e. The Balaban J connectivity index is 2.69. The summed E-state index contributed by atoms with van der Waals surface area (Å²) in [6.07, 6.45) is 0. The monoisotopic (exact) mass is 316 g/mol. The fraction of sp³-hybridized carbons (Fsp3) is 0.579. The van der Waals surface area contributed by atoms with Crippen molar-refractivity contribution in [2.45, 2.75) is 72.3 Å². The summed E-state index contributed by atoms with van der Waals surface area (Å²) in [6, 6.07) is 3.89. The molecular formula is C19H28N2O2. The highest BCUT2D eigenvalue weighted by molar-refractivity contribution is 6.49. The predicted molar refractivity (Wildman–Crippen MR) is 94.0 cm³/mol. The molecular weight excluding hydrogens is 288 g/mol. The molecule has 1 heterocycles. The van der Waals surface area contributed by atoms with Crippen molar-refractivity contribution in [3.63, 3.8) is 0 Å². The molecule has 1 aromatic rings. The fourth-order valence-corrected chi connectivity index (χ4v) is 2.65. The molecule has 0 fully saturated rings. The van der Waals surface area contributed by atoms with E-state index < -0.39 is 0 Å². The highest BCUT2D eigenvalue weighted by Crippen LogP contribution is 2.40. The fourth-order valence-electron chi connectivity index (χ4n) is 2.65. The Hall–Kier alpha value is -1.68. The smallest absolute Gasteiger partial charge is 0.232 e. The minimum Gasteiger partial charge on any atom is -0.287 e. The van der Waals surface area contributed by atoms with Gasteiger partial charge in [0.25, 0.3) is 0 Å². The van der Waals surface area contributed by atoms with E-state index in [-0.39, 0.29) is 28.5 Å². The average Bonchev–Trinajstić information content (AvgIpc) is 2.72. The Labute approximate surface area is 139 Å². The van der Waals surface area contributed by atoms with Crippen LogP contribution in [0.25, 0.3) is 0 Å². The zero-order valence-electron chi connectivity index (χ0n) is 15.5. The van der Waals surface area contributed by atoms with Gasteiger partial charge in [-0.1, -0.05) is 47.6 Å². The van der Waals surface area contributed by atoms with Crippen LogP contribution >= 0.6 is 0 Å². The summed E-state index contributed by atoms with van der Waals surface area (Å²) in [7, 11) is 0. The second-order valence-electron chi connectivity index (χ2n) is 8.62. The summed E-state index contributed by atoms with van der Waals surface area (Å²) in [6.45, 7) is 16.4. The number of hydrogen-bond acceptors (Lipinski definition) is 4. The Morgan fingerprint density at radius 3 is 2.04 bits per heavy atom. The van der Waals surface area contributed by atoms with Crippen LogP contribution in [0.15, 0.2) is 17.1 Å². The molecule has 1 aliphatic rings. The van der Waals surface area contributed by atoms with Crippen LogP contribution in [0.2, 0.25) is 0 Å². The zero-order chi connectivity index (χ0) is 17.7. The number of hydroxylamine groups is 2. The van der Waals surface area contributed by atoms with Gasteiger partial charge in [0.2, 0.25) is 11.6 Å². The molecule has 1 aliphatic heterocycles. The molecule has 0 spiro atoms. The Bertz CT molecular complexity index is 674. The van der Waals surface area contributed by atoms with Gasteiger partial charge >= 0.3 is 0 Å². The zero-order valence-corrected chi connectivity index (χ0v) is 15.5. The van der Waals surface area contributed by atoms with Crippen molar-refractivity contribution in [2.24, 2.45) is 4.99 Å². The summed E-state index contributed by atoms with van der Waals surface area (Å²) in [4.78, 5) is 17.3. The highest BCUT2D eigenvalue weighted by atomic mass is 16.5. The molecule has 1 N–H and O–H groups in total. The van der Waals surface area contributed by atoms with E-state index >= 15 is 0 Å². The minimum absolute atomic E-state index is 0.0344. The van der Waals surface area contributed by atoms with Gasteiger partial charge in [-0.25, -0.2) is 10.1 Å². The maximum atomic E-state index is 12.8. The van der Waals surface area contributed by atoms with Gasteiger partial charge in [0.1, 0.15) is 0 Å². The van der Waals surface area contributed by atoms with Gasteiger partial charge in [0, 0.05) is 0 Å². The summed E-state index contributed by atoms with van der Waals surface area (Å²) in [5, 5.41) is 11.1. The number of rotatable bonds is 1. The molecule has 4 nitrogen and oxygen atoms in total. The SMILES string of the molecule is CC(C)N(O)C1=Nc2cc(C(C)(C)C)cc(C(C)(C)C)c2C1=O. The molecule has 0 saturated heterocycles. The molecule has 23 heavy (non-hydrogen) atoms. The van der Waals surface area contributed by atoms with Gasteiger partial charge in [-0.05, 0) is 41.9 Å². The second-order valence-corrected chi connectivity index (χ2v) is 8.62. The van der Waals surface area contributed by atoms with E-state index in [0.717, 1.165) is 16.2 Å². The molecule has 0 aromatic heterocycles. The van der Waals surface area contributed by atoms with Crippen molar-refractivity contribution in [1.29, 1.82) is 0 Å². The molecule has 0 radical (unpaired) electrons. The first kappa shape index (κ1) is 17.7. The number of amidine groups is 1. The molecule has 4 heteroatoms. The van der Waals surface area contributed by atoms with Gasteiger partial charge in [-0.2, -0.15) is 0 Å². The number of aliphatic imine (C=N–C) groups is 1. The third kappa shape index (κ3) is 3.18. The summed E-state index contributed by atoms with van der Waals surface area (Å²) >= 11 is 0. The van der Waals surface area contributed by atoms with Crippen molar-refractivity contribution in [3.05, 3.63) is 28.8 Å². The molecule has 0 aliphatic carbocycles. The van der Waals surface area contributed by atoms with Crippen LogP contribution in [-0.4, -0.2) is 27.9 Å². The molecule has 0 bridgehead atoms. The Kier molecular flexibility index (Phi) is 4.18. The molecule has 0 amide bonds. The molecule has 126 valence electrons. The van der Waals surface area contributed by atoms with E-state index in [1.54, 1.807) is 0 Å². The van der Waals surface area contributed by atoms with Gasteiger partial charge < -0.3 is 0 Å². The Morgan fingerprint density at radius 1 is 1.04 bits per heavy atom. The maximum Gasteiger partial charge on any atom is 0.232 e. The number of carbonyl (C=O) groups excluding carboxylic acids is 1. The highest BCUT2D eigenvalue weighted by Gasteiger charge is 2.36. The standard InChI is InChI=1S/C19H28N2O2/c1-11(2)21(23)17-16(22)15-13(19(6,7)8)9-12(18(3,4)5)10-14(15)20-17/h9-11,23H,1-8H3. The average molecular weight is 316 g/mol. The Morgan fingerprint density at radius 2 is 1.61 bits per heavy atom. The van der Waals surface area contributed by atoms with E-state index in [2.05, 4.69) is 52.6 Å². The first-order chi connectivity index (χ1) is 10.3. The van der Waals surface area contributed by atoms with Gasteiger partial charge in [0.05, 0.1) is 17.3 Å². The normalized spacial score (nSPS) is 15.0. The van der Waals surface area contributed by atoms with Crippen LogP contribution in [-0.2, 0) is 10.8 Å². The third-order valence-electron chi connectivity index (χ3n) is 4.15. The number of nitrogens with zero attached hydrogens (tertiary/aromatic N) is 2. The second kappa shape index (κ2) is 5.45. The predicted octanol–water partition coefficient (Wildman–Crippen LogP) is 4.61. The van der Waals surface area contributed by atoms with E-state index in [4.69, 9.17) is 0 Å². The number of Topliss-reactive ketones (excluding diaryl/α,β-unsaturated/α-hetero) is 1. The summed E-state index contributed by atoms with van der Waals surface area (Å²) in [5.41, 5.74) is 3.22. The van der Waals surface area contributed by atoms with Crippen molar-refractivity contribution in [2.75, 3.05) is 0 Å².